The number of rotatable bonds is 8. The second-order valence-electron chi connectivity index (χ2n) is 5.71. The van der Waals surface area contributed by atoms with Crippen LogP contribution in [0.4, 0.5) is 10.1 Å². The van der Waals surface area contributed by atoms with E-state index in [1.807, 2.05) is 6.92 Å². The summed E-state index contributed by atoms with van der Waals surface area (Å²) in [6.45, 7) is 4.53. The molecule has 1 N–H and O–H groups in total. The van der Waals surface area contributed by atoms with Gasteiger partial charge in [-0.1, -0.05) is 18.5 Å². The molecule has 0 fully saturated rings. The van der Waals surface area contributed by atoms with Crippen molar-refractivity contribution in [3.8, 4) is 11.5 Å². The SMILES string of the molecule is CCCOc1c(Cl)cc(C(=O)Nc2cc(C(=O)OC)ccc2F)cc1OCC. The zero-order chi connectivity index (χ0) is 20.7. The van der Waals surface area contributed by atoms with Gasteiger partial charge >= 0.3 is 5.97 Å². The van der Waals surface area contributed by atoms with Gasteiger partial charge in [-0.15, -0.1) is 0 Å². The number of amides is 1. The predicted molar refractivity (Wildman–Crippen MR) is 104 cm³/mol. The van der Waals surface area contributed by atoms with E-state index in [4.69, 9.17) is 21.1 Å². The molecule has 6 nitrogen and oxygen atoms in total. The molecule has 8 heteroatoms. The highest BCUT2D eigenvalue weighted by Gasteiger charge is 2.18. The van der Waals surface area contributed by atoms with Gasteiger partial charge in [0.15, 0.2) is 11.5 Å². The maximum Gasteiger partial charge on any atom is 0.337 e. The maximum atomic E-state index is 14.1. The highest BCUT2D eigenvalue weighted by molar-refractivity contribution is 6.32. The van der Waals surface area contributed by atoms with Crippen LogP contribution in [0.3, 0.4) is 0 Å². The van der Waals surface area contributed by atoms with Crippen molar-refractivity contribution in [3.63, 3.8) is 0 Å². The fraction of sp³-hybridized carbons (Fsp3) is 0.300. The lowest BCUT2D eigenvalue weighted by Crippen LogP contribution is -2.14. The number of halogens is 2. The second kappa shape index (κ2) is 9.94. The van der Waals surface area contributed by atoms with E-state index in [9.17, 15) is 14.0 Å². The first-order valence-electron chi connectivity index (χ1n) is 8.69. The minimum Gasteiger partial charge on any atom is -0.490 e. The van der Waals surface area contributed by atoms with Crippen LogP contribution in [-0.2, 0) is 4.74 Å². The summed E-state index contributed by atoms with van der Waals surface area (Å²) in [7, 11) is 1.21. The number of carbonyl (C=O) groups excluding carboxylic acids is 2. The van der Waals surface area contributed by atoms with Crippen LogP contribution in [0.25, 0.3) is 0 Å². The summed E-state index contributed by atoms with van der Waals surface area (Å²) in [4.78, 5) is 24.2. The summed E-state index contributed by atoms with van der Waals surface area (Å²) >= 11 is 6.25. The fourth-order valence-electron chi connectivity index (χ4n) is 2.37. The Bertz CT molecular complexity index is 872. The van der Waals surface area contributed by atoms with E-state index in [1.54, 1.807) is 6.92 Å². The van der Waals surface area contributed by atoms with E-state index in [2.05, 4.69) is 10.1 Å². The summed E-state index contributed by atoms with van der Waals surface area (Å²) in [6, 6.07) is 6.41. The van der Waals surface area contributed by atoms with Crippen molar-refractivity contribution >= 4 is 29.2 Å². The lowest BCUT2D eigenvalue weighted by atomic mass is 10.1. The largest absolute Gasteiger partial charge is 0.490 e. The van der Waals surface area contributed by atoms with Gasteiger partial charge in [-0.2, -0.15) is 0 Å². The van der Waals surface area contributed by atoms with Crippen LogP contribution in [0, 0.1) is 5.82 Å². The number of methoxy groups -OCH3 is 1. The van der Waals surface area contributed by atoms with Crippen LogP contribution in [0.15, 0.2) is 30.3 Å². The molecule has 1 amide bonds. The number of benzene rings is 2. The van der Waals surface area contributed by atoms with Gasteiger partial charge in [-0.05, 0) is 43.7 Å². The molecule has 2 rings (SSSR count). The van der Waals surface area contributed by atoms with Crippen LogP contribution in [0.5, 0.6) is 11.5 Å². The number of anilines is 1. The molecule has 0 saturated carbocycles. The van der Waals surface area contributed by atoms with Gasteiger partial charge in [-0.3, -0.25) is 4.79 Å². The van der Waals surface area contributed by atoms with Crippen LogP contribution in [0.2, 0.25) is 5.02 Å². The Kier molecular flexibility index (Phi) is 7.63. The highest BCUT2D eigenvalue weighted by Crippen LogP contribution is 2.37. The van der Waals surface area contributed by atoms with E-state index in [1.165, 1.54) is 31.4 Å². The molecule has 0 bridgehead atoms. The van der Waals surface area contributed by atoms with Gasteiger partial charge < -0.3 is 19.5 Å². The zero-order valence-electron chi connectivity index (χ0n) is 15.8. The number of carbonyl (C=O) groups is 2. The molecule has 0 aliphatic heterocycles. The molecule has 0 aliphatic carbocycles. The Hall–Kier alpha value is -2.80. The topological polar surface area (TPSA) is 73.9 Å². The Balaban J connectivity index is 2.33. The van der Waals surface area contributed by atoms with Gasteiger partial charge in [0, 0.05) is 5.56 Å². The minimum atomic E-state index is -0.694. The second-order valence-corrected chi connectivity index (χ2v) is 6.11. The van der Waals surface area contributed by atoms with Crippen molar-refractivity contribution in [2.75, 3.05) is 25.6 Å². The Morgan fingerprint density at radius 1 is 1.11 bits per heavy atom. The first kappa shape index (κ1) is 21.5. The van der Waals surface area contributed by atoms with Crippen molar-refractivity contribution in [2.24, 2.45) is 0 Å². The van der Waals surface area contributed by atoms with E-state index in [-0.39, 0.29) is 21.8 Å². The predicted octanol–water partition coefficient (Wildman–Crippen LogP) is 4.71. The highest BCUT2D eigenvalue weighted by atomic mass is 35.5. The lowest BCUT2D eigenvalue weighted by Gasteiger charge is -2.15. The van der Waals surface area contributed by atoms with Crippen molar-refractivity contribution in [1.82, 2.24) is 0 Å². The van der Waals surface area contributed by atoms with Crippen molar-refractivity contribution in [2.45, 2.75) is 20.3 Å². The molecule has 0 aromatic heterocycles. The zero-order valence-corrected chi connectivity index (χ0v) is 16.6. The monoisotopic (exact) mass is 409 g/mol. The lowest BCUT2D eigenvalue weighted by molar-refractivity contribution is 0.0600. The summed E-state index contributed by atoms with van der Waals surface area (Å²) in [6.07, 6.45) is 0.778. The number of esters is 1. The molecule has 0 saturated heterocycles. The number of nitrogens with one attached hydrogen (secondary N) is 1. The summed E-state index contributed by atoms with van der Waals surface area (Å²) in [5.74, 6) is -1.29. The molecular weight excluding hydrogens is 389 g/mol. The average Bonchev–Trinajstić information content (AvgIpc) is 2.68. The molecule has 0 unspecified atom stereocenters. The molecule has 0 radical (unpaired) electrons. The normalized spacial score (nSPS) is 10.3. The molecule has 150 valence electrons. The summed E-state index contributed by atoms with van der Waals surface area (Å²) in [5, 5.41) is 2.63. The van der Waals surface area contributed by atoms with Crippen molar-refractivity contribution in [3.05, 3.63) is 52.3 Å². The van der Waals surface area contributed by atoms with E-state index in [0.29, 0.717) is 24.7 Å². The summed E-state index contributed by atoms with van der Waals surface area (Å²) in [5.41, 5.74) is 0.101. The van der Waals surface area contributed by atoms with Crippen LogP contribution in [0.1, 0.15) is 41.0 Å². The summed E-state index contributed by atoms with van der Waals surface area (Å²) < 4.78 is 29.8. The van der Waals surface area contributed by atoms with Crippen molar-refractivity contribution < 1.29 is 28.2 Å². The molecular formula is C20H21ClFNO5. The minimum absolute atomic E-state index is 0.107. The van der Waals surface area contributed by atoms with E-state index in [0.717, 1.165) is 12.5 Å². The van der Waals surface area contributed by atoms with Gasteiger partial charge in [0.1, 0.15) is 5.82 Å². The number of ether oxygens (including phenoxy) is 3. The first-order chi connectivity index (χ1) is 13.4. The standard InChI is InChI=1S/C20H21ClFNO5/c1-4-8-28-18-14(21)9-13(11-17(18)27-5-2)19(24)23-16-10-12(20(25)26-3)6-7-15(16)22/h6-7,9-11H,4-5,8H2,1-3H3,(H,23,24). The number of hydrogen-bond donors (Lipinski definition) is 1. The van der Waals surface area contributed by atoms with E-state index < -0.39 is 17.7 Å². The molecule has 0 spiro atoms. The van der Waals surface area contributed by atoms with Gasteiger partial charge in [-0.25, -0.2) is 9.18 Å². The van der Waals surface area contributed by atoms with Gasteiger partial charge in [0.05, 0.1) is 36.6 Å². The average molecular weight is 410 g/mol. The molecule has 0 aliphatic rings. The maximum absolute atomic E-state index is 14.1. The molecule has 2 aromatic rings. The quantitative estimate of drug-likeness (QED) is 0.639. The van der Waals surface area contributed by atoms with Crippen LogP contribution >= 0.6 is 11.6 Å². The third-order valence-corrected chi connectivity index (χ3v) is 3.94. The molecule has 2 aromatic carbocycles. The smallest absolute Gasteiger partial charge is 0.337 e. The Labute approximate surface area is 167 Å². The van der Waals surface area contributed by atoms with Crippen LogP contribution in [-0.4, -0.2) is 32.2 Å². The van der Waals surface area contributed by atoms with Gasteiger partial charge in [0.25, 0.3) is 5.91 Å². The van der Waals surface area contributed by atoms with Crippen LogP contribution < -0.4 is 14.8 Å². The van der Waals surface area contributed by atoms with Gasteiger partial charge in [0.2, 0.25) is 0 Å². The Morgan fingerprint density at radius 2 is 1.86 bits per heavy atom. The van der Waals surface area contributed by atoms with Crippen molar-refractivity contribution in [1.29, 1.82) is 0 Å². The fourth-order valence-corrected chi connectivity index (χ4v) is 2.63. The third-order valence-electron chi connectivity index (χ3n) is 3.66. The molecule has 0 atom stereocenters. The Morgan fingerprint density at radius 3 is 2.50 bits per heavy atom. The van der Waals surface area contributed by atoms with E-state index >= 15 is 0 Å². The molecule has 28 heavy (non-hydrogen) atoms. The molecule has 0 heterocycles. The number of hydrogen-bond acceptors (Lipinski definition) is 5. The third kappa shape index (κ3) is 5.13. The first-order valence-corrected chi connectivity index (χ1v) is 9.07.